The predicted molar refractivity (Wildman–Crippen MR) is 112 cm³/mol. The van der Waals surface area contributed by atoms with Gasteiger partial charge in [-0.3, -0.25) is 4.90 Å². The molecule has 3 rings (SSSR count). The Hall–Kier alpha value is -1.92. The summed E-state index contributed by atoms with van der Waals surface area (Å²) in [6, 6.07) is 8.69. The summed E-state index contributed by atoms with van der Waals surface area (Å²) in [5.41, 5.74) is 2.07. The zero-order chi connectivity index (χ0) is 19.2. The van der Waals surface area contributed by atoms with Crippen molar-refractivity contribution in [3.8, 4) is 0 Å². The van der Waals surface area contributed by atoms with Gasteiger partial charge in [-0.25, -0.2) is 9.78 Å². The highest BCUT2D eigenvalue weighted by Gasteiger charge is 2.19. The van der Waals surface area contributed by atoms with Crippen molar-refractivity contribution in [1.82, 2.24) is 14.8 Å². The van der Waals surface area contributed by atoms with E-state index in [0.717, 1.165) is 22.1 Å². The number of amides is 2. The monoisotopic (exact) mass is 386 g/mol. The van der Waals surface area contributed by atoms with Crippen molar-refractivity contribution in [3.63, 3.8) is 0 Å². The van der Waals surface area contributed by atoms with Gasteiger partial charge in [0.1, 0.15) is 0 Å². The molecule has 0 bridgehead atoms. The van der Waals surface area contributed by atoms with E-state index in [1.54, 1.807) is 16.2 Å². The molecule has 0 unspecified atom stereocenters. The molecule has 1 aromatic carbocycles. The second-order valence-corrected chi connectivity index (χ2v) is 8.82. The number of para-hydroxylation sites is 1. The molecule has 6 heteroatoms. The van der Waals surface area contributed by atoms with Crippen LogP contribution < -0.4 is 5.32 Å². The van der Waals surface area contributed by atoms with Gasteiger partial charge >= 0.3 is 6.03 Å². The summed E-state index contributed by atoms with van der Waals surface area (Å²) in [7, 11) is 4.02. The molecule has 2 amide bonds. The maximum atomic E-state index is 12.6. The standard InChI is InChI=1S/C21H30N4OS/c1-16-22-13-19(27-16)15-25(3)21(26)23-20-12-8-7-9-17(20)14-24(2)18-10-5-4-6-11-18/h7-9,12-13,18H,4-6,10-11,14-15H2,1-3H3,(H,23,26). The molecule has 1 fully saturated rings. The minimum absolute atomic E-state index is 0.0891. The van der Waals surface area contributed by atoms with Crippen LogP contribution in [0.3, 0.4) is 0 Å². The molecule has 1 aliphatic rings. The number of carbonyl (C=O) groups is 1. The Labute approximate surface area is 166 Å². The quantitative estimate of drug-likeness (QED) is 0.770. The minimum atomic E-state index is -0.0891. The summed E-state index contributed by atoms with van der Waals surface area (Å²) in [6.07, 6.45) is 8.42. The molecule has 0 spiro atoms. The lowest BCUT2D eigenvalue weighted by atomic mass is 9.94. The first-order valence-electron chi connectivity index (χ1n) is 9.74. The Bertz CT molecular complexity index is 754. The smallest absolute Gasteiger partial charge is 0.321 e. The maximum Gasteiger partial charge on any atom is 0.321 e. The van der Waals surface area contributed by atoms with E-state index in [1.807, 2.05) is 38.4 Å². The third kappa shape index (κ3) is 5.53. The Morgan fingerprint density at radius 3 is 2.63 bits per heavy atom. The van der Waals surface area contributed by atoms with E-state index in [0.29, 0.717) is 12.6 Å². The third-order valence-corrected chi connectivity index (χ3v) is 6.18. The number of aryl methyl sites for hydroxylation is 1. The Kier molecular flexibility index (Phi) is 6.85. The van der Waals surface area contributed by atoms with Crippen LogP contribution >= 0.6 is 11.3 Å². The molecule has 27 heavy (non-hydrogen) atoms. The molecule has 5 nitrogen and oxygen atoms in total. The van der Waals surface area contributed by atoms with Crippen LogP contribution in [-0.2, 0) is 13.1 Å². The van der Waals surface area contributed by atoms with Gasteiger partial charge in [0, 0.05) is 36.4 Å². The van der Waals surface area contributed by atoms with Crippen LogP contribution in [-0.4, -0.2) is 41.0 Å². The number of thiazole rings is 1. The second-order valence-electron chi connectivity index (χ2n) is 7.50. The molecule has 0 radical (unpaired) electrons. The zero-order valence-corrected chi connectivity index (χ0v) is 17.4. The molecule has 146 valence electrons. The lowest BCUT2D eigenvalue weighted by Crippen LogP contribution is -2.34. The van der Waals surface area contributed by atoms with Crippen LogP contribution in [0.2, 0.25) is 0 Å². The minimum Gasteiger partial charge on any atom is -0.322 e. The van der Waals surface area contributed by atoms with Gasteiger partial charge in [0.15, 0.2) is 0 Å². The van der Waals surface area contributed by atoms with Gasteiger partial charge in [0.05, 0.1) is 11.6 Å². The number of aromatic nitrogens is 1. The molecule has 1 aromatic heterocycles. The molecule has 2 aromatic rings. The van der Waals surface area contributed by atoms with E-state index >= 15 is 0 Å². The number of carbonyl (C=O) groups excluding carboxylic acids is 1. The largest absolute Gasteiger partial charge is 0.322 e. The fraction of sp³-hybridized carbons (Fsp3) is 0.524. The van der Waals surface area contributed by atoms with Gasteiger partial charge in [-0.15, -0.1) is 11.3 Å². The van der Waals surface area contributed by atoms with Crippen LogP contribution in [0, 0.1) is 6.92 Å². The molecule has 0 aliphatic heterocycles. The number of anilines is 1. The number of hydrogen-bond donors (Lipinski definition) is 1. The molecular weight excluding hydrogens is 356 g/mol. The fourth-order valence-corrected chi connectivity index (χ4v) is 4.54. The molecule has 1 N–H and O–H groups in total. The summed E-state index contributed by atoms with van der Waals surface area (Å²) in [5, 5.41) is 4.11. The lowest BCUT2D eigenvalue weighted by Gasteiger charge is -2.31. The third-order valence-electron chi connectivity index (χ3n) is 5.29. The molecule has 1 heterocycles. The number of benzene rings is 1. The Morgan fingerprint density at radius 1 is 1.19 bits per heavy atom. The average Bonchev–Trinajstić information content (AvgIpc) is 3.08. The first-order chi connectivity index (χ1) is 13.0. The number of rotatable bonds is 6. The summed E-state index contributed by atoms with van der Waals surface area (Å²) < 4.78 is 0. The molecule has 1 saturated carbocycles. The van der Waals surface area contributed by atoms with Crippen molar-refractivity contribution in [2.24, 2.45) is 0 Å². The number of urea groups is 1. The summed E-state index contributed by atoms with van der Waals surface area (Å²) in [4.78, 5) is 22.1. The number of nitrogens with one attached hydrogen (secondary N) is 1. The highest BCUT2D eigenvalue weighted by molar-refractivity contribution is 7.11. The number of nitrogens with zero attached hydrogens (tertiary/aromatic N) is 3. The van der Waals surface area contributed by atoms with Gasteiger partial charge in [-0.1, -0.05) is 37.5 Å². The van der Waals surface area contributed by atoms with E-state index in [4.69, 9.17) is 0 Å². The van der Waals surface area contributed by atoms with E-state index in [2.05, 4.69) is 28.3 Å². The maximum absolute atomic E-state index is 12.6. The van der Waals surface area contributed by atoms with Gasteiger partial charge in [0.25, 0.3) is 0 Å². The van der Waals surface area contributed by atoms with Gasteiger partial charge in [-0.2, -0.15) is 0 Å². The SMILES string of the molecule is Cc1ncc(CN(C)C(=O)Nc2ccccc2CN(C)C2CCCCC2)s1. The Balaban J connectivity index is 1.61. The predicted octanol–water partition coefficient (Wildman–Crippen LogP) is 4.88. The summed E-state index contributed by atoms with van der Waals surface area (Å²) in [5.74, 6) is 0. The van der Waals surface area contributed by atoms with Crippen LogP contribution in [0.5, 0.6) is 0 Å². The normalized spacial score (nSPS) is 15.1. The van der Waals surface area contributed by atoms with Crippen molar-refractivity contribution in [2.45, 2.75) is 58.2 Å². The average molecular weight is 387 g/mol. The van der Waals surface area contributed by atoms with Crippen molar-refractivity contribution < 1.29 is 4.79 Å². The van der Waals surface area contributed by atoms with Gasteiger partial charge in [-0.05, 0) is 38.4 Å². The summed E-state index contributed by atoms with van der Waals surface area (Å²) >= 11 is 1.63. The first kappa shape index (κ1) is 19.8. The highest BCUT2D eigenvalue weighted by atomic mass is 32.1. The van der Waals surface area contributed by atoms with Gasteiger partial charge < -0.3 is 10.2 Å². The first-order valence-corrected chi connectivity index (χ1v) is 10.6. The van der Waals surface area contributed by atoms with E-state index in [9.17, 15) is 4.79 Å². The van der Waals surface area contributed by atoms with E-state index in [-0.39, 0.29) is 6.03 Å². The fourth-order valence-electron chi connectivity index (χ4n) is 3.69. The van der Waals surface area contributed by atoms with Crippen molar-refractivity contribution >= 4 is 23.1 Å². The molecule has 0 saturated heterocycles. The van der Waals surface area contributed by atoms with Crippen LogP contribution in [0.4, 0.5) is 10.5 Å². The van der Waals surface area contributed by atoms with Crippen LogP contribution in [0.25, 0.3) is 0 Å². The Morgan fingerprint density at radius 2 is 1.93 bits per heavy atom. The topological polar surface area (TPSA) is 48.5 Å². The van der Waals surface area contributed by atoms with Crippen molar-refractivity contribution in [3.05, 3.63) is 45.9 Å². The van der Waals surface area contributed by atoms with Crippen LogP contribution in [0.15, 0.2) is 30.5 Å². The molecular formula is C21H30N4OS. The van der Waals surface area contributed by atoms with E-state index < -0.39 is 0 Å². The second kappa shape index (κ2) is 9.33. The van der Waals surface area contributed by atoms with Crippen molar-refractivity contribution in [1.29, 1.82) is 0 Å². The molecule has 0 atom stereocenters. The highest BCUT2D eigenvalue weighted by Crippen LogP contribution is 2.25. The van der Waals surface area contributed by atoms with Gasteiger partial charge in [0.2, 0.25) is 0 Å². The van der Waals surface area contributed by atoms with E-state index in [1.165, 1.54) is 37.7 Å². The summed E-state index contributed by atoms with van der Waals surface area (Å²) in [6.45, 7) is 3.41. The number of hydrogen-bond acceptors (Lipinski definition) is 4. The van der Waals surface area contributed by atoms with Crippen LogP contribution in [0.1, 0.15) is 47.6 Å². The zero-order valence-electron chi connectivity index (χ0n) is 16.6. The lowest BCUT2D eigenvalue weighted by molar-refractivity contribution is 0.185. The van der Waals surface area contributed by atoms with Crippen molar-refractivity contribution in [2.75, 3.05) is 19.4 Å². The molecule has 1 aliphatic carbocycles.